The molecule has 0 saturated carbocycles. The van der Waals surface area contributed by atoms with Crippen LogP contribution in [0.5, 0.6) is 0 Å². The van der Waals surface area contributed by atoms with E-state index in [-0.39, 0.29) is 18.1 Å². The van der Waals surface area contributed by atoms with Gasteiger partial charge in [0.15, 0.2) is 5.82 Å². The normalized spacial score (nSPS) is 19.1. The summed E-state index contributed by atoms with van der Waals surface area (Å²) in [5.41, 5.74) is 1.40. The zero-order valence-electron chi connectivity index (χ0n) is 12.7. The molecule has 1 saturated heterocycles. The van der Waals surface area contributed by atoms with E-state index in [4.69, 9.17) is 9.26 Å². The van der Waals surface area contributed by atoms with Crippen molar-refractivity contribution in [2.45, 2.75) is 38.8 Å². The number of ether oxygens (including phenoxy) is 1. The predicted molar refractivity (Wildman–Crippen MR) is 80.4 cm³/mol. The Bertz CT molecular complexity index is 645. The molecule has 1 aromatic heterocycles. The van der Waals surface area contributed by atoms with Gasteiger partial charge in [-0.3, -0.25) is 4.79 Å². The van der Waals surface area contributed by atoms with Crippen LogP contribution < -0.4 is 5.32 Å². The summed E-state index contributed by atoms with van der Waals surface area (Å²) in [4.78, 5) is 16.4. The Labute approximate surface area is 128 Å². The van der Waals surface area contributed by atoms with Gasteiger partial charge in [0.1, 0.15) is 0 Å². The number of hydrogen-bond donors (Lipinski definition) is 1. The van der Waals surface area contributed by atoms with Gasteiger partial charge < -0.3 is 14.6 Å². The Balaban J connectivity index is 1.65. The van der Waals surface area contributed by atoms with Crippen molar-refractivity contribution < 1.29 is 14.1 Å². The summed E-state index contributed by atoms with van der Waals surface area (Å²) in [7, 11) is 0. The Hall–Kier alpha value is -2.21. The molecule has 6 nitrogen and oxygen atoms in total. The fourth-order valence-electron chi connectivity index (χ4n) is 2.56. The second-order valence-corrected chi connectivity index (χ2v) is 5.54. The standard InChI is InChI=1S/C16H19N3O3/c1-10(14-4-3-9-21-14)17-15(20)12-5-7-13(8-6-12)16-18-11(2)19-22-16/h5-8,10,14H,3-4,9H2,1-2H3,(H,17,20)/t10-,14-/m0/s1. The molecule has 116 valence electrons. The minimum atomic E-state index is -0.101. The number of nitrogens with one attached hydrogen (secondary N) is 1. The van der Waals surface area contributed by atoms with E-state index < -0.39 is 0 Å². The first-order valence-corrected chi connectivity index (χ1v) is 7.46. The van der Waals surface area contributed by atoms with Crippen LogP contribution in [-0.4, -0.2) is 34.8 Å². The Morgan fingerprint density at radius 1 is 1.36 bits per heavy atom. The molecule has 6 heteroatoms. The topological polar surface area (TPSA) is 77.2 Å². The van der Waals surface area contributed by atoms with Crippen LogP contribution in [0, 0.1) is 6.92 Å². The van der Waals surface area contributed by atoms with Crippen molar-refractivity contribution >= 4 is 5.91 Å². The van der Waals surface area contributed by atoms with E-state index in [0.29, 0.717) is 17.3 Å². The average Bonchev–Trinajstić information content (AvgIpc) is 3.18. The number of carbonyl (C=O) groups excluding carboxylic acids is 1. The van der Waals surface area contributed by atoms with Gasteiger partial charge in [0.05, 0.1) is 12.1 Å². The van der Waals surface area contributed by atoms with Gasteiger partial charge >= 0.3 is 0 Å². The third-order valence-corrected chi connectivity index (χ3v) is 3.80. The van der Waals surface area contributed by atoms with Crippen LogP contribution in [0.4, 0.5) is 0 Å². The average molecular weight is 301 g/mol. The van der Waals surface area contributed by atoms with Crippen LogP contribution >= 0.6 is 0 Å². The summed E-state index contributed by atoms with van der Waals surface area (Å²) < 4.78 is 10.7. The molecule has 1 aliphatic rings. The molecular formula is C16H19N3O3. The maximum atomic E-state index is 12.2. The van der Waals surface area contributed by atoms with Gasteiger partial charge in [-0.1, -0.05) is 5.16 Å². The Kier molecular flexibility index (Phi) is 4.20. The molecule has 22 heavy (non-hydrogen) atoms. The molecule has 0 radical (unpaired) electrons. The van der Waals surface area contributed by atoms with Gasteiger partial charge in [0.2, 0.25) is 0 Å². The van der Waals surface area contributed by atoms with E-state index in [1.807, 2.05) is 6.92 Å². The maximum absolute atomic E-state index is 12.2. The van der Waals surface area contributed by atoms with Crippen molar-refractivity contribution in [2.24, 2.45) is 0 Å². The van der Waals surface area contributed by atoms with Gasteiger partial charge in [-0.05, 0) is 51.0 Å². The van der Waals surface area contributed by atoms with Crippen molar-refractivity contribution in [3.05, 3.63) is 35.7 Å². The molecule has 1 N–H and O–H groups in total. The van der Waals surface area contributed by atoms with Gasteiger partial charge in [-0.15, -0.1) is 0 Å². The first-order chi connectivity index (χ1) is 10.6. The molecule has 2 heterocycles. The van der Waals surface area contributed by atoms with E-state index >= 15 is 0 Å². The summed E-state index contributed by atoms with van der Waals surface area (Å²) in [5, 5.41) is 6.74. The van der Waals surface area contributed by atoms with Gasteiger partial charge in [-0.2, -0.15) is 4.98 Å². The fraction of sp³-hybridized carbons (Fsp3) is 0.438. The molecule has 0 aliphatic carbocycles. The second-order valence-electron chi connectivity index (χ2n) is 5.54. The van der Waals surface area contributed by atoms with Crippen LogP contribution in [-0.2, 0) is 4.74 Å². The first kappa shape index (κ1) is 14.7. The van der Waals surface area contributed by atoms with Crippen LogP contribution in [0.3, 0.4) is 0 Å². The summed E-state index contributed by atoms with van der Waals surface area (Å²) >= 11 is 0. The van der Waals surface area contributed by atoms with E-state index in [1.165, 1.54) is 0 Å². The van der Waals surface area contributed by atoms with Gasteiger partial charge in [-0.25, -0.2) is 0 Å². The van der Waals surface area contributed by atoms with E-state index in [0.717, 1.165) is 25.0 Å². The molecule has 1 aromatic carbocycles. The smallest absolute Gasteiger partial charge is 0.257 e. The maximum Gasteiger partial charge on any atom is 0.257 e. The number of carbonyl (C=O) groups is 1. The number of nitrogens with zero attached hydrogens (tertiary/aromatic N) is 2. The lowest BCUT2D eigenvalue weighted by Gasteiger charge is -2.20. The zero-order valence-corrected chi connectivity index (χ0v) is 12.7. The van der Waals surface area contributed by atoms with Gasteiger partial charge in [0, 0.05) is 17.7 Å². The second kappa shape index (κ2) is 6.27. The predicted octanol–water partition coefficient (Wildman–Crippen LogP) is 2.34. The van der Waals surface area contributed by atoms with Gasteiger partial charge in [0.25, 0.3) is 11.8 Å². The SMILES string of the molecule is Cc1noc(-c2ccc(C(=O)N[C@@H](C)[C@@H]3CCCO3)cc2)n1. The van der Waals surface area contributed by atoms with E-state index in [1.54, 1.807) is 31.2 Å². The molecular weight excluding hydrogens is 282 g/mol. The molecule has 2 aromatic rings. The molecule has 0 spiro atoms. The number of rotatable bonds is 4. The highest BCUT2D eigenvalue weighted by molar-refractivity contribution is 5.94. The van der Waals surface area contributed by atoms with Crippen molar-refractivity contribution in [3.8, 4) is 11.5 Å². The van der Waals surface area contributed by atoms with Crippen LogP contribution in [0.2, 0.25) is 0 Å². The molecule has 1 aliphatic heterocycles. The Morgan fingerprint density at radius 3 is 2.73 bits per heavy atom. The lowest BCUT2D eigenvalue weighted by molar-refractivity contribution is 0.0712. The van der Waals surface area contributed by atoms with Crippen LogP contribution in [0.15, 0.2) is 28.8 Å². The number of aromatic nitrogens is 2. The first-order valence-electron chi connectivity index (χ1n) is 7.46. The molecule has 3 rings (SSSR count). The monoisotopic (exact) mass is 301 g/mol. The van der Waals surface area contributed by atoms with Crippen molar-refractivity contribution in [2.75, 3.05) is 6.61 Å². The molecule has 0 unspecified atom stereocenters. The Morgan fingerprint density at radius 2 is 2.14 bits per heavy atom. The molecule has 1 amide bonds. The number of aryl methyl sites for hydroxylation is 1. The largest absolute Gasteiger partial charge is 0.376 e. The van der Waals surface area contributed by atoms with E-state index in [2.05, 4.69) is 15.5 Å². The highest BCUT2D eigenvalue weighted by Gasteiger charge is 2.24. The highest BCUT2D eigenvalue weighted by Crippen LogP contribution is 2.18. The molecule has 1 fully saturated rings. The summed E-state index contributed by atoms with van der Waals surface area (Å²) in [6.07, 6.45) is 2.17. The van der Waals surface area contributed by atoms with Crippen molar-refractivity contribution in [3.63, 3.8) is 0 Å². The number of benzene rings is 1. The minimum Gasteiger partial charge on any atom is -0.376 e. The summed E-state index contributed by atoms with van der Waals surface area (Å²) in [5.74, 6) is 0.940. The zero-order chi connectivity index (χ0) is 15.5. The van der Waals surface area contributed by atoms with Crippen LogP contribution in [0.25, 0.3) is 11.5 Å². The number of amides is 1. The van der Waals surface area contributed by atoms with Crippen molar-refractivity contribution in [1.82, 2.24) is 15.5 Å². The third kappa shape index (κ3) is 3.17. The lowest BCUT2D eigenvalue weighted by atomic mass is 10.1. The third-order valence-electron chi connectivity index (χ3n) is 3.80. The highest BCUT2D eigenvalue weighted by atomic mass is 16.5. The fourth-order valence-corrected chi connectivity index (χ4v) is 2.56. The van der Waals surface area contributed by atoms with Crippen molar-refractivity contribution in [1.29, 1.82) is 0 Å². The van der Waals surface area contributed by atoms with Crippen LogP contribution in [0.1, 0.15) is 35.9 Å². The van der Waals surface area contributed by atoms with E-state index in [9.17, 15) is 4.79 Å². The lowest BCUT2D eigenvalue weighted by Crippen LogP contribution is -2.40. The molecule has 0 bridgehead atoms. The minimum absolute atomic E-state index is 0.00765. The number of hydrogen-bond acceptors (Lipinski definition) is 5. The quantitative estimate of drug-likeness (QED) is 0.938. The molecule has 2 atom stereocenters. The summed E-state index contributed by atoms with van der Waals surface area (Å²) in [6, 6.07) is 7.13. The summed E-state index contributed by atoms with van der Waals surface area (Å²) in [6.45, 7) is 4.52.